The van der Waals surface area contributed by atoms with Crippen molar-refractivity contribution in [3.05, 3.63) is 35.4 Å². The fraction of sp³-hybridized carbons (Fsp3) is 0.308. The van der Waals surface area contributed by atoms with Crippen molar-refractivity contribution in [2.24, 2.45) is 0 Å². The minimum Gasteiger partial charge on any atom is -0.512 e. The van der Waals surface area contributed by atoms with Gasteiger partial charge in [0.05, 0.1) is 5.76 Å². The second-order valence-corrected chi connectivity index (χ2v) is 4.22. The van der Waals surface area contributed by atoms with E-state index in [1.807, 2.05) is 18.2 Å². The third-order valence-corrected chi connectivity index (χ3v) is 2.43. The molecular weight excluding hydrogens is 202 g/mol. The zero-order valence-corrected chi connectivity index (χ0v) is 9.69. The number of rotatable bonds is 2. The van der Waals surface area contributed by atoms with Crippen LogP contribution in [0.15, 0.2) is 28.4 Å². The molecule has 0 amide bonds. The summed E-state index contributed by atoms with van der Waals surface area (Å²) in [4.78, 5) is 4.29. The van der Waals surface area contributed by atoms with Crippen LogP contribution in [0, 0.1) is 0 Å². The highest BCUT2D eigenvalue weighted by Gasteiger charge is 2.06. The molecule has 0 atom stereocenters. The Morgan fingerprint density at radius 2 is 2.19 bits per heavy atom. The van der Waals surface area contributed by atoms with Crippen molar-refractivity contribution in [2.45, 2.75) is 26.7 Å². The lowest BCUT2D eigenvalue weighted by Crippen LogP contribution is -1.85. The average molecular weight is 217 g/mol. The van der Waals surface area contributed by atoms with Gasteiger partial charge in [-0.3, -0.25) is 0 Å². The van der Waals surface area contributed by atoms with E-state index in [2.05, 4.69) is 18.8 Å². The molecule has 1 N–H and O–H groups in total. The fourth-order valence-electron chi connectivity index (χ4n) is 1.56. The first-order valence-electron chi connectivity index (χ1n) is 5.34. The maximum atomic E-state index is 9.13. The lowest BCUT2D eigenvalue weighted by atomic mass is 10.0. The van der Waals surface area contributed by atoms with Crippen LogP contribution in [0.5, 0.6) is 0 Å². The van der Waals surface area contributed by atoms with Gasteiger partial charge in [0.25, 0.3) is 0 Å². The molecule has 1 aromatic carbocycles. The van der Waals surface area contributed by atoms with Gasteiger partial charge in [-0.05, 0) is 30.5 Å². The van der Waals surface area contributed by atoms with Gasteiger partial charge in [-0.2, -0.15) is 0 Å². The molecule has 2 rings (SSSR count). The molecule has 3 heteroatoms. The summed E-state index contributed by atoms with van der Waals surface area (Å²) in [7, 11) is 0. The molecule has 0 radical (unpaired) electrons. The maximum absolute atomic E-state index is 9.13. The molecule has 84 valence electrons. The summed E-state index contributed by atoms with van der Waals surface area (Å²) in [6.07, 6.45) is 1.51. The van der Waals surface area contributed by atoms with Gasteiger partial charge in [0.1, 0.15) is 5.52 Å². The number of hydrogen-bond donors (Lipinski definition) is 1. The van der Waals surface area contributed by atoms with Crippen molar-refractivity contribution >= 4 is 17.2 Å². The summed E-state index contributed by atoms with van der Waals surface area (Å²) < 4.78 is 5.47. The summed E-state index contributed by atoms with van der Waals surface area (Å²) in [5.74, 6) is 1.10. The molecule has 2 aromatic rings. The molecule has 1 aromatic heterocycles. The number of oxazole rings is 1. The zero-order chi connectivity index (χ0) is 11.7. The molecule has 0 saturated carbocycles. The van der Waals surface area contributed by atoms with E-state index in [1.165, 1.54) is 11.6 Å². The average Bonchev–Trinajstić information content (AvgIpc) is 2.56. The first kappa shape index (κ1) is 10.7. The fourth-order valence-corrected chi connectivity index (χ4v) is 1.56. The van der Waals surface area contributed by atoms with Gasteiger partial charge >= 0.3 is 0 Å². The number of hydrogen-bond acceptors (Lipinski definition) is 3. The van der Waals surface area contributed by atoms with Crippen LogP contribution >= 0.6 is 0 Å². The van der Waals surface area contributed by atoms with Crippen molar-refractivity contribution in [1.29, 1.82) is 0 Å². The first-order valence-corrected chi connectivity index (χ1v) is 5.34. The second-order valence-electron chi connectivity index (χ2n) is 4.22. The molecule has 16 heavy (non-hydrogen) atoms. The van der Waals surface area contributed by atoms with Gasteiger partial charge in [-0.15, -0.1) is 0 Å². The summed E-state index contributed by atoms with van der Waals surface area (Å²) in [5.41, 5.74) is 2.81. The highest BCUT2D eigenvalue weighted by atomic mass is 16.3. The largest absolute Gasteiger partial charge is 0.512 e. The Kier molecular flexibility index (Phi) is 2.69. The normalized spacial score (nSPS) is 12.6. The Balaban J connectivity index is 2.50. The van der Waals surface area contributed by atoms with Crippen LogP contribution in [0.4, 0.5) is 0 Å². The molecule has 0 unspecified atom stereocenters. The van der Waals surface area contributed by atoms with Gasteiger partial charge in [-0.1, -0.05) is 19.9 Å². The summed E-state index contributed by atoms with van der Waals surface area (Å²) in [6, 6.07) is 5.98. The van der Waals surface area contributed by atoms with E-state index in [4.69, 9.17) is 9.52 Å². The van der Waals surface area contributed by atoms with Crippen molar-refractivity contribution in [1.82, 2.24) is 4.98 Å². The minimum absolute atomic E-state index is 0.190. The predicted molar refractivity (Wildman–Crippen MR) is 64.4 cm³/mol. The van der Waals surface area contributed by atoms with E-state index in [-0.39, 0.29) is 5.76 Å². The zero-order valence-electron chi connectivity index (χ0n) is 9.69. The number of aliphatic hydroxyl groups is 1. The number of aliphatic hydroxyl groups excluding tert-OH is 1. The van der Waals surface area contributed by atoms with Crippen LogP contribution in [0.25, 0.3) is 17.2 Å². The van der Waals surface area contributed by atoms with Crippen LogP contribution in [0.2, 0.25) is 0 Å². The molecular formula is C13H15NO2. The molecule has 3 nitrogen and oxygen atoms in total. The Labute approximate surface area is 94.4 Å². The molecule has 0 bridgehead atoms. The van der Waals surface area contributed by atoms with Gasteiger partial charge in [-0.25, -0.2) is 4.98 Å². The predicted octanol–water partition coefficient (Wildman–Crippen LogP) is 3.87. The van der Waals surface area contributed by atoms with Crippen LogP contribution in [-0.2, 0) is 0 Å². The Hall–Kier alpha value is -1.77. The molecule has 0 spiro atoms. The lowest BCUT2D eigenvalue weighted by Gasteiger charge is -2.02. The number of nitrogens with zero attached hydrogens (tertiary/aromatic N) is 1. The molecule has 1 heterocycles. The Morgan fingerprint density at radius 1 is 1.44 bits per heavy atom. The van der Waals surface area contributed by atoms with E-state index in [1.54, 1.807) is 6.92 Å². The van der Waals surface area contributed by atoms with Gasteiger partial charge < -0.3 is 9.52 Å². The van der Waals surface area contributed by atoms with Crippen LogP contribution < -0.4 is 0 Å². The Bertz CT molecular complexity index is 534. The van der Waals surface area contributed by atoms with Gasteiger partial charge in [0.2, 0.25) is 5.89 Å². The molecule has 0 aliphatic carbocycles. The second kappa shape index (κ2) is 4.00. The number of aromatic nitrogens is 1. The lowest BCUT2D eigenvalue weighted by molar-refractivity contribution is 0.417. The summed E-state index contributed by atoms with van der Waals surface area (Å²) in [5, 5.41) is 9.13. The van der Waals surface area contributed by atoms with E-state index in [0.717, 1.165) is 11.1 Å². The van der Waals surface area contributed by atoms with Crippen LogP contribution in [0.1, 0.15) is 38.1 Å². The third-order valence-electron chi connectivity index (χ3n) is 2.43. The van der Waals surface area contributed by atoms with Crippen LogP contribution in [-0.4, -0.2) is 10.1 Å². The Morgan fingerprint density at radius 3 is 2.81 bits per heavy atom. The van der Waals surface area contributed by atoms with Gasteiger partial charge in [0.15, 0.2) is 5.58 Å². The monoisotopic (exact) mass is 217 g/mol. The van der Waals surface area contributed by atoms with Crippen molar-refractivity contribution in [3.63, 3.8) is 0 Å². The minimum atomic E-state index is 0.190. The quantitative estimate of drug-likeness (QED) is 0.777. The number of allylic oxidation sites excluding steroid dienone is 1. The SMILES string of the molecule is C/C(O)=C/c1nc2cc(C(C)C)ccc2o1. The number of fused-ring (bicyclic) bond motifs is 1. The summed E-state index contributed by atoms with van der Waals surface area (Å²) in [6.45, 7) is 5.87. The first-order chi connectivity index (χ1) is 7.56. The highest BCUT2D eigenvalue weighted by Crippen LogP contribution is 2.22. The van der Waals surface area contributed by atoms with E-state index in [9.17, 15) is 0 Å². The van der Waals surface area contributed by atoms with Crippen molar-refractivity contribution in [2.75, 3.05) is 0 Å². The molecule has 0 aliphatic rings. The van der Waals surface area contributed by atoms with Crippen LogP contribution in [0.3, 0.4) is 0 Å². The smallest absolute Gasteiger partial charge is 0.223 e. The van der Waals surface area contributed by atoms with E-state index in [0.29, 0.717) is 11.8 Å². The third kappa shape index (κ3) is 2.08. The molecule has 0 aliphatic heterocycles. The van der Waals surface area contributed by atoms with Crippen molar-refractivity contribution < 1.29 is 9.52 Å². The van der Waals surface area contributed by atoms with Gasteiger partial charge in [0, 0.05) is 6.08 Å². The standard InChI is InChI=1S/C13H15NO2/c1-8(2)10-4-5-12-11(7-10)14-13(16-12)6-9(3)15/h4-8,15H,1-3H3/b9-6-. The van der Waals surface area contributed by atoms with E-state index < -0.39 is 0 Å². The topological polar surface area (TPSA) is 46.3 Å². The number of benzene rings is 1. The summed E-state index contributed by atoms with van der Waals surface area (Å²) >= 11 is 0. The van der Waals surface area contributed by atoms with E-state index >= 15 is 0 Å². The maximum Gasteiger partial charge on any atom is 0.223 e. The molecule has 0 saturated heterocycles. The van der Waals surface area contributed by atoms with Crippen molar-refractivity contribution in [3.8, 4) is 0 Å². The molecule has 0 fully saturated rings. The highest BCUT2D eigenvalue weighted by molar-refractivity contribution is 5.75.